The number of fused-ring (bicyclic) bond motifs is 2. The molecule has 0 bridgehead atoms. The summed E-state index contributed by atoms with van der Waals surface area (Å²) >= 11 is 0. The van der Waals surface area contributed by atoms with Crippen LogP contribution in [-0.2, 0) is 15.9 Å². The molecule has 0 saturated heterocycles. The lowest BCUT2D eigenvalue weighted by Gasteiger charge is -2.25. The van der Waals surface area contributed by atoms with Crippen molar-refractivity contribution in [3.63, 3.8) is 0 Å². The summed E-state index contributed by atoms with van der Waals surface area (Å²) in [5, 5.41) is 1.99. The van der Waals surface area contributed by atoms with Crippen LogP contribution in [0.15, 0.2) is 48.5 Å². The van der Waals surface area contributed by atoms with Crippen LogP contribution >= 0.6 is 0 Å². The highest BCUT2D eigenvalue weighted by molar-refractivity contribution is 6.12. The molecule has 3 aromatic rings. The van der Waals surface area contributed by atoms with E-state index in [0.717, 1.165) is 45.0 Å². The Balaban J connectivity index is 1.84. The first-order valence-corrected chi connectivity index (χ1v) is 12.5. The van der Waals surface area contributed by atoms with E-state index in [1.165, 1.54) is 0 Å². The zero-order valence-corrected chi connectivity index (χ0v) is 21.3. The van der Waals surface area contributed by atoms with Crippen LogP contribution in [0.25, 0.3) is 28.0 Å². The molecule has 4 nitrogen and oxygen atoms in total. The average molecular weight is 471 g/mol. The summed E-state index contributed by atoms with van der Waals surface area (Å²) in [4.78, 5) is 25.8. The van der Waals surface area contributed by atoms with Gasteiger partial charge < -0.3 is 9.47 Å². The molecule has 1 aliphatic carbocycles. The van der Waals surface area contributed by atoms with Crippen molar-refractivity contribution in [1.29, 1.82) is 0 Å². The first-order valence-electron chi connectivity index (χ1n) is 12.5. The fraction of sp³-hybridized carbons (Fsp3) is 0.355. The minimum atomic E-state index is -0.289. The molecule has 0 amide bonds. The molecule has 0 atom stereocenters. The third-order valence-corrected chi connectivity index (χ3v) is 6.20. The predicted molar refractivity (Wildman–Crippen MR) is 142 cm³/mol. The number of esters is 2. The smallest absolute Gasteiger partial charge is 0.338 e. The van der Waals surface area contributed by atoms with E-state index in [1.54, 1.807) is 0 Å². The molecule has 0 saturated carbocycles. The summed E-state index contributed by atoms with van der Waals surface area (Å²) in [6.45, 7) is 11.0. The van der Waals surface area contributed by atoms with Crippen molar-refractivity contribution < 1.29 is 19.1 Å². The highest BCUT2D eigenvalue weighted by Gasteiger charge is 2.26. The number of benzene rings is 3. The second kappa shape index (κ2) is 10.5. The van der Waals surface area contributed by atoms with Gasteiger partial charge in [-0.15, -0.1) is 0 Å². The molecule has 0 fully saturated rings. The molecule has 3 aromatic carbocycles. The monoisotopic (exact) mass is 470 g/mol. The van der Waals surface area contributed by atoms with Crippen LogP contribution in [0.2, 0.25) is 0 Å². The highest BCUT2D eigenvalue weighted by atomic mass is 16.5. The summed E-state index contributed by atoms with van der Waals surface area (Å²) in [6.07, 6.45) is 5.68. The van der Waals surface area contributed by atoms with Gasteiger partial charge in [-0.2, -0.15) is 0 Å². The van der Waals surface area contributed by atoms with Gasteiger partial charge in [0.1, 0.15) is 0 Å². The van der Waals surface area contributed by atoms with Crippen LogP contribution in [-0.4, -0.2) is 25.2 Å². The van der Waals surface area contributed by atoms with Crippen LogP contribution in [0.5, 0.6) is 0 Å². The predicted octanol–water partition coefficient (Wildman–Crippen LogP) is 7.46. The molecule has 4 heteroatoms. The van der Waals surface area contributed by atoms with Crippen molar-refractivity contribution in [3.8, 4) is 11.1 Å². The first-order chi connectivity index (χ1) is 16.8. The lowest BCUT2D eigenvalue weighted by atomic mass is 9.79. The van der Waals surface area contributed by atoms with Gasteiger partial charge in [-0.25, -0.2) is 9.59 Å². The minimum absolute atomic E-state index is 0.275. The Morgan fingerprint density at radius 1 is 0.857 bits per heavy atom. The van der Waals surface area contributed by atoms with E-state index in [-0.39, 0.29) is 23.8 Å². The number of carbonyl (C=O) groups is 2. The highest BCUT2D eigenvalue weighted by Crippen LogP contribution is 2.43. The van der Waals surface area contributed by atoms with Gasteiger partial charge in [0.2, 0.25) is 0 Å². The Morgan fingerprint density at radius 3 is 2.17 bits per heavy atom. The van der Waals surface area contributed by atoms with Crippen molar-refractivity contribution in [3.05, 3.63) is 76.4 Å². The standard InChI is InChI=1S/C31H34O4/c1-6-7-9-22-26(30(32)34-17-19(2)3)15-14-23-24-10-8-11-25-27(31(33)35-18-20(4)5)13-12-21(29(24)25)16-28(22)23/h7-15,19-20H,6,16-18H2,1-5H3/b9-7-. The Bertz CT molecular complexity index is 1300. The average Bonchev–Trinajstić information content (AvgIpc) is 2.84. The maximum Gasteiger partial charge on any atom is 0.338 e. The van der Waals surface area contributed by atoms with Crippen molar-refractivity contribution in [1.82, 2.24) is 0 Å². The van der Waals surface area contributed by atoms with E-state index in [0.29, 0.717) is 30.8 Å². The van der Waals surface area contributed by atoms with Crippen LogP contribution < -0.4 is 0 Å². The maximum absolute atomic E-state index is 13.0. The number of hydrogen-bond donors (Lipinski definition) is 0. The zero-order chi connectivity index (χ0) is 25.1. The fourth-order valence-corrected chi connectivity index (χ4v) is 4.57. The van der Waals surface area contributed by atoms with Crippen LogP contribution in [0.4, 0.5) is 0 Å². The van der Waals surface area contributed by atoms with Gasteiger partial charge in [0, 0.05) is 0 Å². The minimum Gasteiger partial charge on any atom is -0.462 e. The van der Waals surface area contributed by atoms with E-state index in [4.69, 9.17) is 9.47 Å². The van der Waals surface area contributed by atoms with Crippen LogP contribution in [0, 0.1) is 11.8 Å². The molecule has 0 aromatic heterocycles. The number of ether oxygens (including phenoxy) is 2. The Kier molecular flexibility index (Phi) is 7.39. The van der Waals surface area contributed by atoms with E-state index in [9.17, 15) is 9.59 Å². The summed E-state index contributed by atoms with van der Waals surface area (Å²) in [6, 6.07) is 13.9. The Labute approximate surface area is 207 Å². The summed E-state index contributed by atoms with van der Waals surface area (Å²) in [7, 11) is 0. The van der Waals surface area contributed by atoms with Gasteiger partial charge in [0.15, 0.2) is 0 Å². The lowest BCUT2D eigenvalue weighted by molar-refractivity contribution is 0.0451. The van der Waals surface area contributed by atoms with Gasteiger partial charge >= 0.3 is 11.9 Å². The quantitative estimate of drug-likeness (QED) is 0.251. The third kappa shape index (κ3) is 5.02. The second-order valence-electron chi connectivity index (χ2n) is 10.0. The molecular weight excluding hydrogens is 436 g/mol. The lowest BCUT2D eigenvalue weighted by Crippen LogP contribution is -2.14. The van der Waals surface area contributed by atoms with E-state index in [1.807, 2.05) is 70.2 Å². The molecule has 0 heterocycles. The summed E-state index contributed by atoms with van der Waals surface area (Å²) in [5.74, 6) is -0.0218. The van der Waals surface area contributed by atoms with Crippen LogP contribution in [0.1, 0.15) is 78.4 Å². The van der Waals surface area contributed by atoms with Gasteiger partial charge in [0.05, 0.1) is 24.3 Å². The molecule has 0 N–H and O–H groups in total. The number of carbonyl (C=O) groups excluding carboxylic acids is 2. The van der Waals surface area contributed by atoms with Gasteiger partial charge in [-0.3, -0.25) is 0 Å². The van der Waals surface area contributed by atoms with E-state index < -0.39 is 0 Å². The molecule has 4 rings (SSSR count). The van der Waals surface area contributed by atoms with Crippen LogP contribution in [0.3, 0.4) is 0 Å². The van der Waals surface area contributed by atoms with E-state index in [2.05, 4.69) is 19.1 Å². The normalized spacial score (nSPS) is 12.4. The SMILES string of the molecule is CC/C=C\c1c(C(=O)OCC(C)C)ccc2c1Cc1ccc(C(=O)OCC(C)C)c3cccc-2c13. The Hall–Kier alpha value is -3.40. The molecular formula is C31H34O4. The molecule has 0 aliphatic heterocycles. The molecule has 0 unspecified atom stereocenters. The largest absolute Gasteiger partial charge is 0.462 e. The van der Waals surface area contributed by atoms with Crippen molar-refractivity contribution >= 4 is 28.8 Å². The molecule has 1 aliphatic rings. The number of rotatable bonds is 8. The van der Waals surface area contributed by atoms with Crippen molar-refractivity contribution in [2.24, 2.45) is 11.8 Å². The summed E-state index contributed by atoms with van der Waals surface area (Å²) < 4.78 is 11.1. The van der Waals surface area contributed by atoms with Gasteiger partial charge in [-0.05, 0) is 75.4 Å². The molecule has 35 heavy (non-hydrogen) atoms. The summed E-state index contributed by atoms with van der Waals surface area (Å²) in [5.41, 5.74) is 6.53. The molecule has 182 valence electrons. The Morgan fingerprint density at radius 2 is 1.51 bits per heavy atom. The van der Waals surface area contributed by atoms with Gasteiger partial charge in [0.25, 0.3) is 0 Å². The van der Waals surface area contributed by atoms with Crippen molar-refractivity contribution in [2.75, 3.05) is 13.2 Å². The van der Waals surface area contributed by atoms with Crippen molar-refractivity contribution in [2.45, 2.75) is 47.5 Å². The van der Waals surface area contributed by atoms with E-state index >= 15 is 0 Å². The second-order valence-corrected chi connectivity index (χ2v) is 10.0. The first kappa shape index (κ1) is 24.7. The third-order valence-electron chi connectivity index (χ3n) is 6.20. The fourth-order valence-electron chi connectivity index (χ4n) is 4.57. The number of allylic oxidation sites excluding steroid dienone is 1. The zero-order valence-electron chi connectivity index (χ0n) is 21.3. The maximum atomic E-state index is 13.0. The topological polar surface area (TPSA) is 52.6 Å². The molecule has 0 spiro atoms. The van der Waals surface area contributed by atoms with Gasteiger partial charge in [-0.1, -0.05) is 77.1 Å². The molecule has 0 radical (unpaired) electrons. The number of hydrogen-bond acceptors (Lipinski definition) is 4.